The highest BCUT2D eigenvalue weighted by molar-refractivity contribution is 14.0. The van der Waals surface area contributed by atoms with E-state index in [4.69, 9.17) is 4.99 Å². The average molecular weight is 507 g/mol. The van der Waals surface area contributed by atoms with Gasteiger partial charge in [-0.1, -0.05) is 6.07 Å². The molecule has 1 aromatic rings. The van der Waals surface area contributed by atoms with Crippen LogP contribution in [-0.2, 0) is 9.84 Å². The Morgan fingerprint density at radius 1 is 1.30 bits per heavy atom. The maximum Gasteiger partial charge on any atom is 0.194 e. The van der Waals surface area contributed by atoms with Crippen molar-refractivity contribution in [1.82, 2.24) is 15.2 Å². The van der Waals surface area contributed by atoms with E-state index in [0.717, 1.165) is 44.4 Å². The lowest BCUT2D eigenvalue weighted by Gasteiger charge is -2.37. The molecule has 3 rings (SSSR count). The molecule has 1 unspecified atom stereocenters. The molecular formula is C18H30IN5O2S. The molecule has 1 atom stereocenters. The molecule has 7 nitrogen and oxygen atoms in total. The zero-order chi connectivity index (χ0) is 18.6. The Morgan fingerprint density at radius 2 is 2.04 bits per heavy atom. The minimum Gasteiger partial charge on any atom is -0.354 e. The second-order valence-electron chi connectivity index (χ2n) is 7.39. The number of hydrogen-bond acceptors (Lipinski definition) is 5. The van der Waals surface area contributed by atoms with Crippen molar-refractivity contribution in [2.24, 2.45) is 10.9 Å². The summed E-state index contributed by atoms with van der Waals surface area (Å²) in [5.74, 6) is 2.64. The van der Waals surface area contributed by atoms with Crippen molar-refractivity contribution in [3.05, 3.63) is 24.4 Å². The van der Waals surface area contributed by atoms with E-state index in [1.807, 2.05) is 24.4 Å². The highest BCUT2D eigenvalue weighted by atomic mass is 127. The number of nitrogens with one attached hydrogen (secondary N) is 1. The van der Waals surface area contributed by atoms with Gasteiger partial charge in [0, 0.05) is 45.0 Å². The SMILES string of the molecule is CC(C)NC(=NCC1CCS(=O)(=O)C1)N1CCN(c2ccccn2)CC1.I. The average Bonchev–Trinajstić information content (AvgIpc) is 2.98. The topological polar surface area (TPSA) is 77.9 Å². The van der Waals surface area contributed by atoms with Crippen molar-refractivity contribution in [1.29, 1.82) is 0 Å². The maximum absolute atomic E-state index is 11.6. The quantitative estimate of drug-likeness (QED) is 0.379. The van der Waals surface area contributed by atoms with Gasteiger partial charge in [-0.3, -0.25) is 4.99 Å². The molecule has 9 heteroatoms. The number of hydrogen-bond donors (Lipinski definition) is 1. The summed E-state index contributed by atoms with van der Waals surface area (Å²) in [4.78, 5) is 13.7. The maximum atomic E-state index is 11.6. The first-order valence-electron chi connectivity index (χ1n) is 9.35. The first-order valence-corrected chi connectivity index (χ1v) is 11.2. The number of pyridine rings is 1. The van der Waals surface area contributed by atoms with Crippen LogP contribution in [0.3, 0.4) is 0 Å². The number of guanidine groups is 1. The van der Waals surface area contributed by atoms with Gasteiger partial charge in [-0.25, -0.2) is 13.4 Å². The van der Waals surface area contributed by atoms with Crippen LogP contribution < -0.4 is 10.2 Å². The molecule has 0 spiro atoms. The molecule has 2 fully saturated rings. The minimum absolute atomic E-state index is 0. The summed E-state index contributed by atoms with van der Waals surface area (Å²) < 4.78 is 23.3. The lowest BCUT2D eigenvalue weighted by Crippen LogP contribution is -2.54. The molecule has 152 valence electrons. The summed E-state index contributed by atoms with van der Waals surface area (Å²) in [7, 11) is -2.85. The number of piperazine rings is 1. The number of aromatic nitrogens is 1. The summed E-state index contributed by atoms with van der Waals surface area (Å²) >= 11 is 0. The lowest BCUT2D eigenvalue weighted by atomic mass is 10.1. The first kappa shape index (κ1) is 22.2. The van der Waals surface area contributed by atoms with E-state index in [-0.39, 0.29) is 41.7 Å². The molecule has 2 aliphatic heterocycles. The van der Waals surface area contributed by atoms with E-state index in [2.05, 4.69) is 33.9 Å². The molecule has 0 aromatic carbocycles. The number of rotatable bonds is 4. The van der Waals surface area contributed by atoms with Crippen LogP contribution in [0.25, 0.3) is 0 Å². The van der Waals surface area contributed by atoms with Gasteiger partial charge in [0.15, 0.2) is 15.8 Å². The number of nitrogens with zero attached hydrogens (tertiary/aromatic N) is 4. The molecule has 0 radical (unpaired) electrons. The highest BCUT2D eigenvalue weighted by Crippen LogP contribution is 2.19. The van der Waals surface area contributed by atoms with Crippen molar-refractivity contribution in [3.8, 4) is 0 Å². The molecule has 2 aliphatic rings. The predicted octanol–water partition coefficient (Wildman–Crippen LogP) is 1.61. The van der Waals surface area contributed by atoms with Crippen LogP contribution in [0.15, 0.2) is 29.4 Å². The standard InChI is InChI=1S/C18H29N5O2S.HI/c1-15(2)21-18(20-13-16-6-12-26(24,25)14-16)23-10-8-22(9-11-23)17-5-3-4-7-19-17;/h3-5,7,15-16H,6,8-14H2,1-2H3,(H,20,21);1H. The monoisotopic (exact) mass is 507 g/mol. The fraction of sp³-hybridized carbons (Fsp3) is 0.667. The summed E-state index contributed by atoms with van der Waals surface area (Å²) in [6.45, 7) is 8.31. The third-order valence-electron chi connectivity index (χ3n) is 4.80. The normalized spacial score (nSPS) is 22.6. The fourth-order valence-corrected chi connectivity index (χ4v) is 5.26. The van der Waals surface area contributed by atoms with E-state index >= 15 is 0 Å². The Bertz CT molecular complexity index is 719. The number of sulfone groups is 1. The Kier molecular flexibility index (Phi) is 8.14. The van der Waals surface area contributed by atoms with Gasteiger partial charge in [0.1, 0.15) is 5.82 Å². The van der Waals surface area contributed by atoms with E-state index in [9.17, 15) is 8.42 Å². The van der Waals surface area contributed by atoms with Gasteiger partial charge in [0.2, 0.25) is 0 Å². The second kappa shape index (κ2) is 9.90. The Labute approximate surface area is 179 Å². The van der Waals surface area contributed by atoms with Crippen LogP contribution >= 0.6 is 24.0 Å². The summed E-state index contributed by atoms with van der Waals surface area (Å²) in [6, 6.07) is 6.27. The molecule has 0 bridgehead atoms. The molecule has 2 saturated heterocycles. The number of aliphatic imine (C=N–C) groups is 1. The van der Waals surface area contributed by atoms with Crippen LogP contribution in [0.2, 0.25) is 0 Å². The van der Waals surface area contributed by atoms with Gasteiger partial charge in [0.25, 0.3) is 0 Å². The van der Waals surface area contributed by atoms with Gasteiger partial charge in [0.05, 0.1) is 11.5 Å². The molecule has 0 saturated carbocycles. The van der Waals surface area contributed by atoms with Crippen molar-refractivity contribution >= 4 is 45.6 Å². The molecule has 0 amide bonds. The Morgan fingerprint density at radius 3 is 2.59 bits per heavy atom. The molecule has 1 aromatic heterocycles. The summed E-state index contributed by atoms with van der Waals surface area (Å²) in [6.07, 6.45) is 2.55. The number of halogens is 1. The van der Waals surface area contributed by atoms with Gasteiger partial charge in [-0.2, -0.15) is 0 Å². The molecule has 27 heavy (non-hydrogen) atoms. The van der Waals surface area contributed by atoms with Crippen LogP contribution in [0.4, 0.5) is 5.82 Å². The van der Waals surface area contributed by atoms with Gasteiger partial charge in [-0.15, -0.1) is 24.0 Å². The smallest absolute Gasteiger partial charge is 0.194 e. The second-order valence-corrected chi connectivity index (χ2v) is 9.62. The van der Waals surface area contributed by atoms with E-state index in [1.54, 1.807) is 0 Å². The van der Waals surface area contributed by atoms with Gasteiger partial charge in [-0.05, 0) is 38.3 Å². The molecule has 0 aliphatic carbocycles. The third kappa shape index (κ3) is 6.48. The molecular weight excluding hydrogens is 477 g/mol. The Hall–Kier alpha value is -1.10. The lowest BCUT2D eigenvalue weighted by molar-refractivity contribution is 0.366. The van der Waals surface area contributed by atoms with Crippen LogP contribution in [0.5, 0.6) is 0 Å². The van der Waals surface area contributed by atoms with Crippen molar-refractivity contribution in [3.63, 3.8) is 0 Å². The van der Waals surface area contributed by atoms with Gasteiger partial charge < -0.3 is 15.1 Å². The van der Waals surface area contributed by atoms with Crippen molar-refractivity contribution in [2.45, 2.75) is 26.3 Å². The van der Waals surface area contributed by atoms with Crippen molar-refractivity contribution in [2.75, 3.05) is 49.1 Å². The zero-order valence-corrected chi connectivity index (χ0v) is 19.2. The highest BCUT2D eigenvalue weighted by Gasteiger charge is 2.28. The summed E-state index contributed by atoms with van der Waals surface area (Å²) in [5.41, 5.74) is 0. The Balaban J connectivity index is 0.00000261. The van der Waals surface area contributed by atoms with Crippen molar-refractivity contribution < 1.29 is 8.42 Å². The molecule has 3 heterocycles. The number of anilines is 1. The largest absolute Gasteiger partial charge is 0.354 e. The van der Waals surface area contributed by atoms with Crippen LogP contribution in [-0.4, -0.2) is 74.5 Å². The minimum atomic E-state index is -2.85. The van der Waals surface area contributed by atoms with Crippen LogP contribution in [0.1, 0.15) is 20.3 Å². The fourth-order valence-electron chi connectivity index (χ4n) is 3.41. The molecule has 1 N–H and O–H groups in total. The first-order chi connectivity index (χ1) is 12.4. The van der Waals surface area contributed by atoms with Crippen LogP contribution in [0, 0.1) is 5.92 Å². The van der Waals surface area contributed by atoms with E-state index < -0.39 is 9.84 Å². The zero-order valence-electron chi connectivity index (χ0n) is 16.0. The predicted molar refractivity (Wildman–Crippen MR) is 121 cm³/mol. The summed E-state index contributed by atoms with van der Waals surface area (Å²) in [5, 5.41) is 3.44. The third-order valence-corrected chi connectivity index (χ3v) is 6.63. The van der Waals surface area contributed by atoms with E-state index in [1.165, 1.54) is 0 Å². The van der Waals surface area contributed by atoms with E-state index in [0.29, 0.717) is 12.3 Å². The van der Waals surface area contributed by atoms with Gasteiger partial charge >= 0.3 is 0 Å².